The second-order valence-corrected chi connectivity index (χ2v) is 6.52. The molecular weight excluding hydrogens is 357 g/mol. The third-order valence-electron chi connectivity index (χ3n) is 4.40. The Hall–Kier alpha value is -2.55. The Balaban J connectivity index is 1.47. The van der Waals surface area contributed by atoms with Gasteiger partial charge in [0.15, 0.2) is 5.96 Å². The van der Waals surface area contributed by atoms with Gasteiger partial charge in [-0.2, -0.15) is 18.3 Å². The summed E-state index contributed by atoms with van der Waals surface area (Å²) in [6, 6.07) is 9.78. The molecule has 2 heterocycles. The van der Waals surface area contributed by atoms with Gasteiger partial charge in [-0.1, -0.05) is 12.1 Å². The fourth-order valence-corrected chi connectivity index (χ4v) is 3.11. The van der Waals surface area contributed by atoms with Gasteiger partial charge in [-0.25, -0.2) is 4.68 Å². The molecule has 0 radical (unpaired) electrons. The first kappa shape index (κ1) is 19.2. The van der Waals surface area contributed by atoms with Gasteiger partial charge >= 0.3 is 6.18 Å². The fraction of sp³-hybridized carbons (Fsp3) is 0.444. The molecule has 1 saturated heterocycles. The van der Waals surface area contributed by atoms with Crippen molar-refractivity contribution in [3.63, 3.8) is 0 Å². The second kappa shape index (κ2) is 8.43. The fourth-order valence-electron chi connectivity index (χ4n) is 3.11. The van der Waals surface area contributed by atoms with Crippen molar-refractivity contribution in [3.05, 3.63) is 48.3 Å². The Morgan fingerprint density at radius 2 is 2.07 bits per heavy atom. The van der Waals surface area contributed by atoms with E-state index in [9.17, 15) is 13.2 Å². The van der Waals surface area contributed by atoms with Crippen LogP contribution in [0.3, 0.4) is 0 Å². The average molecular weight is 380 g/mol. The first-order chi connectivity index (χ1) is 12.9. The van der Waals surface area contributed by atoms with Crippen LogP contribution in [-0.2, 0) is 6.54 Å². The number of halogens is 3. The van der Waals surface area contributed by atoms with Crippen molar-refractivity contribution in [1.82, 2.24) is 25.3 Å². The Bertz CT molecular complexity index is 739. The van der Waals surface area contributed by atoms with Crippen molar-refractivity contribution in [2.75, 3.05) is 26.7 Å². The molecular formula is C18H23F3N6. The lowest BCUT2D eigenvalue weighted by Gasteiger charge is -2.20. The Kier molecular flexibility index (Phi) is 6.00. The van der Waals surface area contributed by atoms with E-state index in [0.717, 1.165) is 11.3 Å². The maximum Gasteiger partial charge on any atom is 0.401 e. The third kappa shape index (κ3) is 5.72. The minimum Gasteiger partial charge on any atom is -0.352 e. The first-order valence-corrected chi connectivity index (χ1v) is 8.78. The predicted molar refractivity (Wildman–Crippen MR) is 97.8 cm³/mol. The summed E-state index contributed by atoms with van der Waals surface area (Å²) < 4.78 is 39.2. The van der Waals surface area contributed by atoms with E-state index in [4.69, 9.17) is 0 Å². The van der Waals surface area contributed by atoms with Crippen LogP contribution in [0.5, 0.6) is 0 Å². The van der Waals surface area contributed by atoms with Crippen LogP contribution in [0.1, 0.15) is 12.0 Å². The molecule has 1 aliphatic rings. The largest absolute Gasteiger partial charge is 0.401 e. The van der Waals surface area contributed by atoms with Gasteiger partial charge in [-0.05, 0) is 30.2 Å². The molecule has 0 saturated carbocycles. The van der Waals surface area contributed by atoms with Crippen LogP contribution in [0.25, 0.3) is 5.69 Å². The molecule has 1 atom stereocenters. The summed E-state index contributed by atoms with van der Waals surface area (Å²) in [7, 11) is 1.65. The predicted octanol–water partition coefficient (Wildman–Crippen LogP) is 2.17. The first-order valence-electron chi connectivity index (χ1n) is 8.78. The van der Waals surface area contributed by atoms with E-state index in [2.05, 4.69) is 20.7 Å². The van der Waals surface area contributed by atoms with Gasteiger partial charge in [0.05, 0.1) is 12.2 Å². The monoisotopic (exact) mass is 380 g/mol. The van der Waals surface area contributed by atoms with Crippen LogP contribution >= 0.6 is 0 Å². The van der Waals surface area contributed by atoms with E-state index < -0.39 is 12.7 Å². The minimum absolute atomic E-state index is 0.0410. The zero-order chi connectivity index (χ0) is 19.3. The van der Waals surface area contributed by atoms with Crippen LogP contribution in [0.15, 0.2) is 47.7 Å². The molecule has 146 valence electrons. The highest BCUT2D eigenvalue weighted by atomic mass is 19.4. The van der Waals surface area contributed by atoms with Gasteiger partial charge in [-0.3, -0.25) is 9.89 Å². The third-order valence-corrected chi connectivity index (χ3v) is 4.40. The zero-order valence-electron chi connectivity index (χ0n) is 15.1. The molecule has 27 heavy (non-hydrogen) atoms. The van der Waals surface area contributed by atoms with E-state index in [1.807, 2.05) is 36.5 Å². The Morgan fingerprint density at radius 1 is 1.30 bits per heavy atom. The standard InChI is InChI=1S/C18H23F3N6/c1-22-17(25-15-7-10-26(12-15)13-18(19,20)21)23-11-14-3-5-16(6-4-14)27-9-2-8-24-27/h2-6,8-9,15H,7,10-13H2,1H3,(H2,22,23,25). The SMILES string of the molecule is CN=C(NCc1ccc(-n2cccn2)cc1)NC1CCN(CC(F)(F)F)C1. The number of hydrogen-bond acceptors (Lipinski definition) is 3. The molecule has 3 rings (SSSR count). The molecule has 0 aliphatic carbocycles. The van der Waals surface area contributed by atoms with Crippen molar-refractivity contribution in [1.29, 1.82) is 0 Å². The molecule has 6 nitrogen and oxygen atoms in total. The number of guanidine groups is 1. The van der Waals surface area contributed by atoms with Crippen molar-refractivity contribution < 1.29 is 13.2 Å². The molecule has 1 fully saturated rings. The summed E-state index contributed by atoms with van der Waals surface area (Å²) in [6.45, 7) is 0.500. The van der Waals surface area contributed by atoms with E-state index >= 15 is 0 Å². The lowest BCUT2D eigenvalue weighted by molar-refractivity contribution is -0.143. The molecule has 0 bridgehead atoms. The van der Waals surface area contributed by atoms with Gasteiger partial charge in [-0.15, -0.1) is 0 Å². The van der Waals surface area contributed by atoms with Gasteiger partial charge in [0.1, 0.15) is 0 Å². The maximum atomic E-state index is 12.5. The molecule has 0 amide bonds. The summed E-state index contributed by atoms with van der Waals surface area (Å²) in [5.74, 6) is 0.588. The molecule has 1 aromatic carbocycles. The minimum atomic E-state index is -4.16. The smallest absolute Gasteiger partial charge is 0.352 e. The number of aromatic nitrogens is 2. The number of benzene rings is 1. The number of hydrogen-bond donors (Lipinski definition) is 2. The summed E-state index contributed by atoms with van der Waals surface area (Å²) in [6.07, 6.45) is 0.110. The van der Waals surface area contributed by atoms with Crippen molar-refractivity contribution in [2.45, 2.75) is 25.2 Å². The van der Waals surface area contributed by atoms with Crippen molar-refractivity contribution in [2.24, 2.45) is 4.99 Å². The van der Waals surface area contributed by atoms with Crippen molar-refractivity contribution >= 4 is 5.96 Å². The van der Waals surface area contributed by atoms with Crippen LogP contribution in [0.4, 0.5) is 13.2 Å². The molecule has 9 heteroatoms. The van der Waals surface area contributed by atoms with Gasteiger partial charge in [0.25, 0.3) is 0 Å². The normalized spacial score (nSPS) is 18.7. The average Bonchev–Trinajstić information content (AvgIpc) is 3.30. The number of nitrogens with one attached hydrogen (secondary N) is 2. The van der Waals surface area contributed by atoms with Crippen molar-refractivity contribution in [3.8, 4) is 5.69 Å². The molecule has 0 spiro atoms. The summed E-state index contributed by atoms with van der Waals surface area (Å²) in [5, 5.41) is 10.6. The highest BCUT2D eigenvalue weighted by molar-refractivity contribution is 5.80. The maximum absolute atomic E-state index is 12.5. The van der Waals surface area contributed by atoms with Gasteiger partial charge in [0.2, 0.25) is 0 Å². The summed E-state index contributed by atoms with van der Waals surface area (Å²) >= 11 is 0. The number of aliphatic imine (C=N–C) groups is 1. The molecule has 1 aliphatic heterocycles. The van der Waals surface area contributed by atoms with Crippen LogP contribution in [0.2, 0.25) is 0 Å². The van der Waals surface area contributed by atoms with Gasteiger partial charge in [0, 0.05) is 45.1 Å². The van der Waals surface area contributed by atoms with E-state index in [-0.39, 0.29) is 6.04 Å². The summed E-state index contributed by atoms with van der Waals surface area (Å²) in [5.41, 5.74) is 2.04. The summed E-state index contributed by atoms with van der Waals surface area (Å²) in [4.78, 5) is 5.58. The van der Waals surface area contributed by atoms with E-state index in [1.165, 1.54) is 4.90 Å². The lowest BCUT2D eigenvalue weighted by atomic mass is 10.2. The lowest BCUT2D eigenvalue weighted by Crippen LogP contribution is -2.44. The number of alkyl halides is 3. The van der Waals surface area contributed by atoms with E-state index in [1.54, 1.807) is 17.9 Å². The molecule has 2 aromatic rings. The quantitative estimate of drug-likeness (QED) is 0.617. The van der Waals surface area contributed by atoms with Crippen LogP contribution < -0.4 is 10.6 Å². The van der Waals surface area contributed by atoms with Gasteiger partial charge < -0.3 is 10.6 Å². The van der Waals surface area contributed by atoms with Crippen LogP contribution in [-0.4, -0.2) is 59.5 Å². The second-order valence-electron chi connectivity index (χ2n) is 6.52. The molecule has 2 N–H and O–H groups in total. The van der Waals surface area contributed by atoms with E-state index in [0.29, 0.717) is 32.0 Å². The zero-order valence-corrected chi connectivity index (χ0v) is 15.1. The number of likely N-dealkylation sites (tertiary alicyclic amines) is 1. The highest BCUT2D eigenvalue weighted by Gasteiger charge is 2.34. The molecule has 1 aromatic heterocycles. The highest BCUT2D eigenvalue weighted by Crippen LogP contribution is 2.19. The number of rotatable bonds is 5. The Morgan fingerprint density at radius 3 is 2.70 bits per heavy atom. The van der Waals surface area contributed by atoms with Crippen LogP contribution in [0, 0.1) is 0 Å². The Labute approximate surface area is 156 Å². The topological polar surface area (TPSA) is 57.5 Å². The number of nitrogens with zero attached hydrogens (tertiary/aromatic N) is 4. The molecule has 1 unspecified atom stereocenters.